The van der Waals surface area contributed by atoms with Crippen molar-refractivity contribution >= 4 is 11.6 Å². The molecule has 2 rings (SSSR count). The van der Waals surface area contributed by atoms with Gasteiger partial charge in [-0.25, -0.2) is 0 Å². The number of aryl methyl sites for hydroxylation is 2. The zero-order valence-electron chi connectivity index (χ0n) is 10.2. The Bertz CT molecular complexity index is 411. The first-order chi connectivity index (χ1) is 8.15. The standard InChI is InChI=1S/C13H18N2O2/c1-9-4-3-5-10(2)12(9)15-7-6-14-11(8-16)13(15)17/h3-5,11,14,16H,6-8H2,1-2H3. The molecule has 1 aliphatic heterocycles. The minimum Gasteiger partial charge on any atom is -0.394 e. The summed E-state index contributed by atoms with van der Waals surface area (Å²) in [5.41, 5.74) is 3.17. The van der Waals surface area contributed by atoms with E-state index in [1.54, 1.807) is 4.90 Å². The van der Waals surface area contributed by atoms with E-state index < -0.39 is 6.04 Å². The zero-order chi connectivity index (χ0) is 12.4. The molecule has 1 heterocycles. The van der Waals surface area contributed by atoms with Gasteiger partial charge in [0.15, 0.2) is 0 Å². The average molecular weight is 234 g/mol. The number of carbonyl (C=O) groups is 1. The Morgan fingerprint density at radius 1 is 1.41 bits per heavy atom. The van der Waals surface area contributed by atoms with Crippen molar-refractivity contribution < 1.29 is 9.90 Å². The molecule has 0 radical (unpaired) electrons. The number of hydrogen-bond donors (Lipinski definition) is 2. The number of nitrogens with one attached hydrogen (secondary N) is 1. The van der Waals surface area contributed by atoms with Crippen LogP contribution in [0.5, 0.6) is 0 Å². The first-order valence-electron chi connectivity index (χ1n) is 5.87. The van der Waals surface area contributed by atoms with Crippen LogP contribution in [0.3, 0.4) is 0 Å². The minimum atomic E-state index is -0.470. The summed E-state index contributed by atoms with van der Waals surface area (Å²) in [7, 11) is 0. The second kappa shape index (κ2) is 4.85. The van der Waals surface area contributed by atoms with Gasteiger partial charge in [0.2, 0.25) is 5.91 Å². The number of carbonyl (C=O) groups excluding carboxylic acids is 1. The Kier molecular flexibility index (Phi) is 3.45. The average Bonchev–Trinajstić information content (AvgIpc) is 2.31. The van der Waals surface area contributed by atoms with E-state index in [2.05, 4.69) is 5.32 Å². The molecule has 0 spiro atoms. The minimum absolute atomic E-state index is 0.0452. The third kappa shape index (κ3) is 2.18. The molecule has 0 aliphatic carbocycles. The number of nitrogens with zero attached hydrogens (tertiary/aromatic N) is 1. The molecular weight excluding hydrogens is 216 g/mol. The largest absolute Gasteiger partial charge is 0.394 e. The molecule has 1 saturated heterocycles. The lowest BCUT2D eigenvalue weighted by atomic mass is 10.1. The number of aliphatic hydroxyl groups excluding tert-OH is 1. The third-order valence-electron chi connectivity index (χ3n) is 3.18. The van der Waals surface area contributed by atoms with E-state index in [0.717, 1.165) is 16.8 Å². The predicted octanol–water partition coefficient (Wildman–Crippen LogP) is 0.601. The number of amides is 1. The van der Waals surface area contributed by atoms with E-state index in [1.807, 2.05) is 32.0 Å². The van der Waals surface area contributed by atoms with Gasteiger partial charge in [-0.3, -0.25) is 4.79 Å². The van der Waals surface area contributed by atoms with Crippen LogP contribution in [0.1, 0.15) is 11.1 Å². The van der Waals surface area contributed by atoms with Gasteiger partial charge in [0.1, 0.15) is 6.04 Å². The normalized spacial score (nSPS) is 20.8. The molecule has 0 aromatic heterocycles. The third-order valence-corrected chi connectivity index (χ3v) is 3.18. The summed E-state index contributed by atoms with van der Waals surface area (Å²) in [5, 5.41) is 12.2. The van der Waals surface area contributed by atoms with Gasteiger partial charge in [-0.05, 0) is 25.0 Å². The lowest BCUT2D eigenvalue weighted by Gasteiger charge is -2.34. The molecule has 1 aromatic rings. The van der Waals surface area contributed by atoms with Crippen LogP contribution in [-0.2, 0) is 4.79 Å². The number of rotatable bonds is 2. The van der Waals surface area contributed by atoms with Gasteiger partial charge in [0.05, 0.1) is 6.61 Å². The van der Waals surface area contributed by atoms with Crippen molar-refractivity contribution in [2.24, 2.45) is 0 Å². The van der Waals surface area contributed by atoms with Gasteiger partial charge in [-0.2, -0.15) is 0 Å². The highest BCUT2D eigenvalue weighted by atomic mass is 16.3. The molecule has 92 valence electrons. The van der Waals surface area contributed by atoms with E-state index in [-0.39, 0.29) is 12.5 Å². The number of aliphatic hydroxyl groups is 1. The van der Waals surface area contributed by atoms with Crippen LogP contribution < -0.4 is 10.2 Å². The van der Waals surface area contributed by atoms with E-state index in [1.165, 1.54) is 0 Å². The van der Waals surface area contributed by atoms with Crippen LogP contribution in [-0.4, -0.2) is 36.8 Å². The number of para-hydroxylation sites is 1. The maximum Gasteiger partial charge on any atom is 0.246 e. The van der Waals surface area contributed by atoms with Gasteiger partial charge < -0.3 is 15.3 Å². The van der Waals surface area contributed by atoms with Gasteiger partial charge in [-0.15, -0.1) is 0 Å². The fourth-order valence-electron chi connectivity index (χ4n) is 2.33. The molecule has 1 aromatic carbocycles. The number of hydrogen-bond acceptors (Lipinski definition) is 3. The van der Waals surface area contributed by atoms with Gasteiger partial charge in [0, 0.05) is 18.8 Å². The molecule has 0 saturated carbocycles. The smallest absolute Gasteiger partial charge is 0.246 e. The van der Waals surface area contributed by atoms with Crippen LogP contribution in [0.25, 0.3) is 0 Å². The first-order valence-corrected chi connectivity index (χ1v) is 5.87. The lowest BCUT2D eigenvalue weighted by Crippen LogP contribution is -2.57. The zero-order valence-corrected chi connectivity index (χ0v) is 10.2. The van der Waals surface area contributed by atoms with E-state index in [0.29, 0.717) is 13.1 Å². The Morgan fingerprint density at radius 2 is 2.06 bits per heavy atom. The molecule has 1 atom stereocenters. The topological polar surface area (TPSA) is 52.6 Å². The second-order valence-corrected chi connectivity index (χ2v) is 4.42. The van der Waals surface area contributed by atoms with Crippen molar-refractivity contribution in [3.05, 3.63) is 29.3 Å². The summed E-state index contributed by atoms with van der Waals surface area (Å²) in [6.07, 6.45) is 0. The number of benzene rings is 1. The van der Waals surface area contributed by atoms with Crippen molar-refractivity contribution in [3.63, 3.8) is 0 Å². The summed E-state index contributed by atoms with van der Waals surface area (Å²) in [4.78, 5) is 13.9. The van der Waals surface area contributed by atoms with Crippen molar-refractivity contribution in [1.82, 2.24) is 5.32 Å². The maximum atomic E-state index is 12.2. The second-order valence-electron chi connectivity index (χ2n) is 4.42. The van der Waals surface area contributed by atoms with Crippen LogP contribution in [0.15, 0.2) is 18.2 Å². The lowest BCUT2D eigenvalue weighted by molar-refractivity contribution is -0.122. The highest BCUT2D eigenvalue weighted by Crippen LogP contribution is 2.25. The SMILES string of the molecule is Cc1cccc(C)c1N1CCNC(CO)C1=O. The highest BCUT2D eigenvalue weighted by Gasteiger charge is 2.29. The molecule has 4 heteroatoms. The number of anilines is 1. The Balaban J connectivity index is 2.36. The summed E-state index contributed by atoms with van der Waals surface area (Å²) in [5.74, 6) is -0.0452. The number of piperazine rings is 1. The summed E-state index contributed by atoms with van der Waals surface area (Å²) < 4.78 is 0. The maximum absolute atomic E-state index is 12.2. The van der Waals surface area contributed by atoms with Crippen LogP contribution in [0.2, 0.25) is 0 Å². The fraction of sp³-hybridized carbons (Fsp3) is 0.462. The molecule has 4 nitrogen and oxygen atoms in total. The van der Waals surface area contributed by atoms with Gasteiger partial charge in [0.25, 0.3) is 0 Å². The van der Waals surface area contributed by atoms with Crippen molar-refractivity contribution in [2.75, 3.05) is 24.6 Å². The predicted molar refractivity (Wildman–Crippen MR) is 67.1 cm³/mol. The molecule has 1 amide bonds. The molecule has 17 heavy (non-hydrogen) atoms. The van der Waals surface area contributed by atoms with Crippen LogP contribution in [0, 0.1) is 13.8 Å². The van der Waals surface area contributed by atoms with E-state index in [4.69, 9.17) is 5.11 Å². The van der Waals surface area contributed by atoms with Crippen molar-refractivity contribution in [3.8, 4) is 0 Å². The molecule has 1 aliphatic rings. The monoisotopic (exact) mass is 234 g/mol. The molecule has 1 fully saturated rings. The van der Waals surface area contributed by atoms with Crippen LogP contribution in [0.4, 0.5) is 5.69 Å². The summed E-state index contributed by atoms with van der Waals surface area (Å²) >= 11 is 0. The van der Waals surface area contributed by atoms with E-state index in [9.17, 15) is 4.79 Å². The summed E-state index contributed by atoms with van der Waals surface area (Å²) in [6.45, 7) is 5.23. The van der Waals surface area contributed by atoms with Gasteiger partial charge >= 0.3 is 0 Å². The molecule has 2 N–H and O–H groups in total. The first kappa shape index (κ1) is 12.1. The van der Waals surface area contributed by atoms with Crippen molar-refractivity contribution in [1.29, 1.82) is 0 Å². The molecule has 1 unspecified atom stereocenters. The Hall–Kier alpha value is -1.39. The molecular formula is C13H18N2O2. The Morgan fingerprint density at radius 3 is 2.65 bits per heavy atom. The summed E-state index contributed by atoms with van der Waals surface area (Å²) in [6, 6.07) is 5.53. The van der Waals surface area contributed by atoms with Gasteiger partial charge in [-0.1, -0.05) is 18.2 Å². The van der Waals surface area contributed by atoms with Crippen LogP contribution >= 0.6 is 0 Å². The fourth-order valence-corrected chi connectivity index (χ4v) is 2.33. The highest BCUT2D eigenvalue weighted by molar-refractivity contribution is 5.99. The van der Waals surface area contributed by atoms with Crippen molar-refractivity contribution in [2.45, 2.75) is 19.9 Å². The van der Waals surface area contributed by atoms with E-state index >= 15 is 0 Å². The quantitative estimate of drug-likeness (QED) is 0.788. The Labute approximate surface area is 101 Å². The molecule has 0 bridgehead atoms.